The van der Waals surface area contributed by atoms with Crippen LogP contribution in [0.1, 0.15) is 16.7 Å². The summed E-state index contributed by atoms with van der Waals surface area (Å²) in [6, 6.07) is 4.19. The maximum absolute atomic E-state index is 12.7. The highest BCUT2D eigenvalue weighted by Crippen LogP contribution is 2.37. The maximum atomic E-state index is 12.7. The highest BCUT2D eigenvalue weighted by molar-refractivity contribution is 6.24. The summed E-state index contributed by atoms with van der Waals surface area (Å²) in [6.07, 6.45) is 3.69. The van der Waals surface area contributed by atoms with Gasteiger partial charge in [-0.15, -0.1) is 0 Å². The fourth-order valence-corrected chi connectivity index (χ4v) is 3.10. The summed E-state index contributed by atoms with van der Waals surface area (Å²) < 4.78 is 9.38. The lowest BCUT2D eigenvalue weighted by Crippen LogP contribution is -2.30. The number of phenols is 2. The first-order chi connectivity index (χ1) is 17.4. The average molecular weight is 516 g/mol. The number of aromatic hydroxyl groups is 2. The molecule has 0 aliphatic rings. The topological polar surface area (TPSA) is 217 Å². The Bertz CT molecular complexity index is 1240. The molecule has 0 amide bonds. The fourth-order valence-electron chi connectivity index (χ4n) is 3.10. The Morgan fingerprint density at radius 1 is 0.892 bits per heavy atom. The summed E-state index contributed by atoms with van der Waals surface area (Å²) in [5, 5.41) is 51.2. The summed E-state index contributed by atoms with van der Waals surface area (Å²) in [5.74, 6) is -7.05. The Hall–Kier alpha value is -5.11. The van der Waals surface area contributed by atoms with E-state index >= 15 is 0 Å². The van der Waals surface area contributed by atoms with Gasteiger partial charge in [-0.2, -0.15) is 0 Å². The van der Waals surface area contributed by atoms with Crippen LogP contribution in [0.4, 0.5) is 11.4 Å². The summed E-state index contributed by atoms with van der Waals surface area (Å²) in [7, 11) is 2.09. The second kappa shape index (κ2) is 12.0. The van der Waals surface area contributed by atoms with E-state index in [0.717, 1.165) is 56.7 Å². The van der Waals surface area contributed by atoms with E-state index in [0.29, 0.717) is 0 Å². The number of esters is 1. The van der Waals surface area contributed by atoms with E-state index in [9.17, 15) is 49.9 Å². The molecule has 2 aromatic rings. The van der Waals surface area contributed by atoms with Crippen LogP contribution in [0.2, 0.25) is 0 Å². The highest BCUT2D eigenvalue weighted by atomic mass is 16.6. The SMILES string of the molecule is COC(=O)C(C(=O)/C=C/c1cc(CO)c(O)c([N+](=O)[O-])c1)C(=O)/C=C/c1cc(OC)c(O)c([N+](=O)[O-])c1. The first-order valence-corrected chi connectivity index (χ1v) is 10.1. The lowest BCUT2D eigenvalue weighted by Gasteiger charge is -2.09. The van der Waals surface area contributed by atoms with Crippen LogP contribution in [-0.2, 0) is 25.7 Å². The molecule has 0 aliphatic carbocycles. The third-order valence-electron chi connectivity index (χ3n) is 4.94. The predicted molar refractivity (Wildman–Crippen MR) is 126 cm³/mol. The molecule has 37 heavy (non-hydrogen) atoms. The second-order valence-corrected chi connectivity index (χ2v) is 7.24. The molecule has 1 atom stereocenters. The molecule has 1 unspecified atom stereocenters. The number of carbonyl (C=O) groups excluding carboxylic acids is 3. The fraction of sp³-hybridized carbons (Fsp3) is 0.174. The van der Waals surface area contributed by atoms with Crippen LogP contribution in [0.15, 0.2) is 36.4 Å². The molecule has 0 saturated carbocycles. The molecule has 0 radical (unpaired) electrons. The van der Waals surface area contributed by atoms with E-state index in [1.807, 2.05) is 0 Å². The van der Waals surface area contributed by atoms with Gasteiger partial charge < -0.3 is 24.8 Å². The standard InChI is InChI=1S/C23H20N2O12/c1-36-19-10-13(9-16(22(19)30)25(34)35)4-6-18(28)20(23(31)37-2)17(27)5-3-12-7-14(11-26)21(29)15(8-12)24(32)33/h3-10,20,26,29-30H,11H2,1-2H3/b5-3+,6-4+. The number of ether oxygens (including phenoxy) is 2. The number of benzene rings is 2. The van der Waals surface area contributed by atoms with Gasteiger partial charge in [-0.3, -0.25) is 34.6 Å². The molecule has 0 fully saturated rings. The van der Waals surface area contributed by atoms with Crippen molar-refractivity contribution in [1.29, 1.82) is 0 Å². The van der Waals surface area contributed by atoms with Gasteiger partial charge in [-0.25, -0.2) is 0 Å². The van der Waals surface area contributed by atoms with E-state index in [-0.39, 0.29) is 22.4 Å². The third kappa shape index (κ3) is 6.52. The molecule has 194 valence electrons. The number of allylic oxidation sites excluding steroid dienone is 2. The Labute approximate surface area is 208 Å². The Balaban J connectivity index is 2.39. The first-order valence-electron chi connectivity index (χ1n) is 10.1. The zero-order valence-electron chi connectivity index (χ0n) is 19.3. The van der Waals surface area contributed by atoms with Gasteiger partial charge in [-0.05, 0) is 35.4 Å². The Kier molecular flexibility index (Phi) is 9.15. The lowest BCUT2D eigenvalue weighted by molar-refractivity contribution is -0.386. The van der Waals surface area contributed by atoms with Crippen molar-refractivity contribution in [3.8, 4) is 17.2 Å². The largest absolute Gasteiger partial charge is 0.502 e. The van der Waals surface area contributed by atoms with Gasteiger partial charge >= 0.3 is 17.3 Å². The molecular formula is C23H20N2O12. The van der Waals surface area contributed by atoms with E-state index in [1.54, 1.807) is 0 Å². The summed E-state index contributed by atoms with van der Waals surface area (Å²) in [5.41, 5.74) is -1.59. The number of ketones is 2. The minimum atomic E-state index is -1.98. The summed E-state index contributed by atoms with van der Waals surface area (Å²) in [6.45, 7) is -0.740. The normalized spacial score (nSPS) is 11.9. The molecule has 14 nitrogen and oxygen atoms in total. The number of nitro benzene ring substituents is 2. The lowest BCUT2D eigenvalue weighted by atomic mass is 9.96. The minimum Gasteiger partial charge on any atom is -0.502 e. The molecular weight excluding hydrogens is 496 g/mol. The maximum Gasteiger partial charge on any atom is 0.324 e. The molecule has 14 heteroatoms. The molecule has 0 aliphatic heterocycles. The summed E-state index contributed by atoms with van der Waals surface area (Å²) >= 11 is 0. The van der Waals surface area contributed by atoms with E-state index in [4.69, 9.17) is 4.74 Å². The van der Waals surface area contributed by atoms with Crippen LogP contribution in [0.25, 0.3) is 12.2 Å². The van der Waals surface area contributed by atoms with Crippen molar-refractivity contribution in [1.82, 2.24) is 0 Å². The van der Waals surface area contributed by atoms with Gasteiger partial charge in [0.2, 0.25) is 5.75 Å². The number of nitro groups is 2. The number of aliphatic hydroxyl groups is 1. The number of methoxy groups -OCH3 is 2. The molecule has 3 N–H and O–H groups in total. The summed E-state index contributed by atoms with van der Waals surface area (Å²) in [4.78, 5) is 58.0. The molecule has 0 bridgehead atoms. The van der Waals surface area contributed by atoms with E-state index in [1.165, 1.54) is 6.07 Å². The molecule has 0 spiro atoms. The Morgan fingerprint density at radius 3 is 1.81 bits per heavy atom. The van der Waals surface area contributed by atoms with Crippen molar-refractivity contribution in [3.05, 3.63) is 73.3 Å². The zero-order valence-corrected chi connectivity index (χ0v) is 19.3. The van der Waals surface area contributed by atoms with Crippen LogP contribution in [0.5, 0.6) is 17.2 Å². The number of nitrogens with zero attached hydrogens (tertiary/aromatic N) is 2. The molecule has 0 aromatic heterocycles. The van der Waals surface area contributed by atoms with Gasteiger partial charge in [-0.1, -0.05) is 12.2 Å². The molecule has 0 saturated heterocycles. The van der Waals surface area contributed by atoms with Crippen LogP contribution < -0.4 is 4.74 Å². The van der Waals surface area contributed by atoms with Crippen molar-refractivity contribution in [2.75, 3.05) is 14.2 Å². The van der Waals surface area contributed by atoms with E-state index in [2.05, 4.69) is 4.74 Å². The number of carbonyl (C=O) groups is 3. The molecule has 0 heterocycles. The highest BCUT2D eigenvalue weighted by Gasteiger charge is 2.32. The number of aliphatic hydroxyl groups excluding tert-OH is 1. The van der Waals surface area contributed by atoms with Crippen LogP contribution in [-0.4, -0.2) is 56.9 Å². The van der Waals surface area contributed by atoms with Crippen LogP contribution in [0.3, 0.4) is 0 Å². The van der Waals surface area contributed by atoms with Crippen LogP contribution in [0, 0.1) is 26.1 Å². The first kappa shape index (κ1) is 28.1. The Morgan fingerprint density at radius 2 is 1.38 bits per heavy atom. The van der Waals surface area contributed by atoms with Gasteiger partial charge in [0, 0.05) is 17.7 Å². The minimum absolute atomic E-state index is 0.0111. The third-order valence-corrected chi connectivity index (χ3v) is 4.94. The van der Waals surface area contributed by atoms with Crippen LogP contribution >= 0.6 is 0 Å². The van der Waals surface area contributed by atoms with Crippen molar-refractivity contribution in [2.45, 2.75) is 6.61 Å². The van der Waals surface area contributed by atoms with Crippen molar-refractivity contribution < 1.29 is 49.0 Å². The van der Waals surface area contributed by atoms with E-state index < -0.39 is 62.8 Å². The average Bonchev–Trinajstić information content (AvgIpc) is 2.86. The van der Waals surface area contributed by atoms with Crippen molar-refractivity contribution in [3.63, 3.8) is 0 Å². The van der Waals surface area contributed by atoms with Gasteiger partial charge in [0.25, 0.3) is 0 Å². The zero-order chi connectivity index (χ0) is 27.9. The van der Waals surface area contributed by atoms with Crippen molar-refractivity contribution in [2.24, 2.45) is 5.92 Å². The predicted octanol–water partition coefficient (Wildman–Crippen LogP) is 2.07. The quantitative estimate of drug-likeness (QED) is 0.129. The van der Waals surface area contributed by atoms with Gasteiger partial charge in [0.1, 0.15) is 0 Å². The van der Waals surface area contributed by atoms with Crippen molar-refractivity contribution >= 4 is 41.1 Å². The number of rotatable bonds is 11. The number of hydrogen-bond acceptors (Lipinski definition) is 12. The van der Waals surface area contributed by atoms with Gasteiger partial charge in [0.15, 0.2) is 29.0 Å². The van der Waals surface area contributed by atoms with Gasteiger partial charge in [0.05, 0.1) is 30.7 Å². The molecule has 2 rings (SSSR count). The number of phenolic OH excluding ortho intramolecular Hbond substituents is 1. The second-order valence-electron chi connectivity index (χ2n) is 7.24. The smallest absolute Gasteiger partial charge is 0.324 e. The molecule has 2 aromatic carbocycles. The number of hydrogen-bond donors (Lipinski definition) is 3. The monoisotopic (exact) mass is 516 g/mol.